The highest BCUT2D eigenvalue weighted by molar-refractivity contribution is 7.91. The first kappa shape index (κ1) is 13.3. The molecule has 0 spiro atoms. The van der Waals surface area contributed by atoms with Crippen LogP contribution in [0.3, 0.4) is 0 Å². The fourth-order valence-corrected chi connectivity index (χ4v) is 3.97. The summed E-state index contributed by atoms with van der Waals surface area (Å²) in [4.78, 5) is 0.318. The Bertz CT molecular complexity index is 582. The lowest BCUT2D eigenvalue weighted by atomic mass is 10.1. The van der Waals surface area contributed by atoms with Gasteiger partial charge >= 0.3 is 0 Å². The molecule has 4 nitrogen and oxygen atoms in total. The van der Waals surface area contributed by atoms with E-state index in [1.54, 1.807) is 0 Å². The lowest BCUT2D eigenvalue weighted by molar-refractivity contribution is 0.602. The van der Waals surface area contributed by atoms with Gasteiger partial charge in [-0.05, 0) is 31.0 Å². The third-order valence-electron chi connectivity index (χ3n) is 3.03. The van der Waals surface area contributed by atoms with Crippen molar-refractivity contribution in [3.05, 3.63) is 29.3 Å². The molecular weight excluding hydrogens is 268 g/mol. The third-order valence-corrected chi connectivity index (χ3v) is 5.02. The van der Waals surface area contributed by atoms with Crippen LogP contribution in [0.15, 0.2) is 18.2 Å². The number of nitrogens with one attached hydrogen (secondary N) is 1. The zero-order valence-electron chi connectivity index (χ0n) is 10.1. The maximum atomic E-state index is 11.4. The third kappa shape index (κ3) is 3.00. The Balaban J connectivity index is 2.23. The summed E-state index contributed by atoms with van der Waals surface area (Å²) in [6, 6.07) is 5.69. The maximum Gasteiger partial charge on any atom is 0.152 e. The number of anilines is 1. The normalized spacial score (nSPS) is 21.7. The first-order valence-electron chi connectivity index (χ1n) is 5.75. The van der Waals surface area contributed by atoms with Crippen molar-refractivity contribution in [1.29, 1.82) is 0 Å². The van der Waals surface area contributed by atoms with Crippen molar-refractivity contribution < 1.29 is 8.42 Å². The SMILES string of the molecule is Cc1ccc(C(N)=S)c(NC2CCS(=O)(=O)C2)c1. The van der Waals surface area contributed by atoms with E-state index < -0.39 is 9.84 Å². The molecule has 1 fully saturated rings. The van der Waals surface area contributed by atoms with E-state index in [4.69, 9.17) is 18.0 Å². The molecule has 1 aliphatic heterocycles. The van der Waals surface area contributed by atoms with Crippen LogP contribution in [0.4, 0.5) is 5.69 Å². The molecule has 1 atom stereocenters. The molecule has 0 radical (unpaired) electrons. The number of benzene rings is 1. The van der Waals surface area contributed by atoms with Gasteiger partial charge in [-0.2, -0.15) is 0 Å². The molecule has 1 saturated heterocycles. The summed E-state index contributed by atoms with van der Waals surface area (Å²) < 4.78 is 22.9. The Kier molecular flexibility index (Phi) is 3.59. The van der Waals surface area contributed by atoms with Crippen molar-refractivity contribution in [3.63, 3.8) is 0 Å². The van der Waals surface area contributed by atoms with E-state index in [9.17, 15) is 8.42 Å². The van der Waals surface area contributed by atoms with Crippen LogP contribution in [-0.4, -0.2) is 31.0 Å². The van der Waals surface area contributed by atoms with Gasteiger partial charge in [-0.15, -0.1) is 0 Å². The zero-order chi connectivity index (χ0) is 13.3. The molecule has 18 heavy (non-hydrogen) atoms. The molecule has 2 rings (SSSR count). The molecule has 0 aliphatic carbocycles. The average Bonchev–Trinajstić information content (AvgIpc) is 2.57. The summed E-state index contributed by atoms with van der Waals surface area (Å²) in [5.74, 6) is 0.427. The van der Waals surface area contributed by atoms with Crippen LogP contribution in [0.5, 0.6) is 0 Å². The second-order valence-electron chi connectivity index (χ2n) is 4.66. The van der Waals surface area contributed by atoms with Gasteiger partial charge in [0.05, 0.1) is 11.5 Å². The Morgan fingerprint density at radius 3 is 2.78 bits per heavy atom. The van der Waals surface area contributed by atoms with Gasteiger partial charge in [-0.3, -0.25) is 0 Å². The zero-order valence-corrected chi connectivity index (χ0v) is 11.8. The first-order valence-corrected chi connectivity index (χ1v) is 7.98. The monoisotopic (exact) mass is 284 g/mol. The molecule has 1 aromatic carbocycles. The van der Waals surface area contributed by atoms with Crippen molar-refractivity contribution in [3.8, 4) is 0 Å². The Labute approximate surface area is 112 Å². The molecule has 1 unspecified atom stereocenters. The summed E-state index contributed by atoms with van der Waals surface area (Å²) in [6.45, 7) is 1.97. The maximum absolute atomic E-state index is 11.4. The fourth-order valence-electron chi connectivity index (χ4n) is 2.12. The summed E-state index contributed by atoms with van der Waals surface area (Å²) in [6.07, 6.45) is 0.632. The highest BCUT2D eigenvalue weighted by Gasteiger charge is 2.28. The summed E-state index contributed by atoms with van der Waals surface area (Å²) in [5.41, 5.74) is 8.33. The van der Waals surface area contributed by atoms with E-state index in [-0.39, 0.29) is 17.5 Å². The molecule has 0 amide bonds. The first-order chi connectivity index (χ1) is 8.37. The molecule has 1 aliphatic rings. The number of hydrogen-bond donors (Lipinski definition) is 2. The van der Waals surface area contributed by atoms with Gasteiger partial charge < -0.3 is 11.1 Å². The van der Waals surface area contributed by atoms with Crippen molar-refractivity contribution >= 4 is 32.7 Å². The van der Waals surface area contributed by atoms with Gasteiger partial charge in [-0.25, -0.2) is 8.42 Å². The van der Waals surface area contributed by atoms with Gasteiger partial charge in [0.25, 0.3) is 0 Å². The van der Waals surface area contributed by atoms with Crippen LogP contribution in [0.2, 0.25) is 0 Å². The number of nitrogens with two attached hydrogens (primary N) is 1. The lowest BCUT2D eigenvalue weighted by Crippen LogP contribution is -2.23. The summed E-state index contributed by atoms with van der Waals surface area (Å²) >= 11 is 5.00. The molecule has 1 heterocycles. The quantitative estimate of drug-likeness (QED) is 0.817. The van der Waals surface area contributed by atoms with E-state index >= 15 is 0 Å². The van der Waals surface area contributed by atoms with Crippen LogP contribution in [0.25, 0.3) is 0 Å². The molecule has 1 aromatic rings. The van der Waals surface area contributed by atoms with Gasteiger partial charge in [0.1, 0.15) is 4.99 Å². The molecular formula is C12H16N2O2S2. The Hall–Kier alpha value is -1.14. The molecule has 3 N–H and O–H groups in total. The largest absolute Gasteiger partial charge is 0.389 e. The van der Waals surface area contributed by atoms with Crippen molar-refractivity contribution in [2.75, 3.05) is 16.8 Å². The van der Waals surface area contributed by atoms with Crippen LogP contribution in [-0.2, 0) is 9.84 Å². The minimum Gasteiger partial charge on any atom is -0.389 e. The Morgan fingerprint density at radius 1 is 1.50 bits per heavy atom. The smallest absolute Gasteiger partial charge is 0.152 e. The van der Waals surface area contributed by atoms with E-state index in [0.717, 1.165) is 16.8 Å². The van der Waals surface area contributed by atoms with Gasteiger partial charge in [-0.1, -0.05) is 18.3 Å². The minimum atomic E-state index is -2.89. The van der Waals surface area contributed by atoms with Crippen LogP contribution in [0.1, 0.15) is 17.5 Å². The second-order valence-corrected chi connectivity index (χ2v) is 7.33. The fraction of sp³-hybridized carbons (Fsp3) is 0.417. The molecule has 6 heteroatoms. The minimum absolute atomic E-state index is 0.0510. The van der Waals surface area contributed by atoms with Gasteiger partial charge in [0.2, 0.25) is 0 Å². The van der Waals surface area contributed by atoms with Crippen LogP contribution >= 0.6 is 12.2 Å². The highest BCUT2D eigenvalue weighted by atomic mass is 32.2. The average molecular weight is 284 g/mol. The number of sulfone groups is 1. The molecule has 0 saturated carbocycles. The van der Waals surface area contributed by atoms with Crippen molar-refractivity contribution in [2.45, 2.75) is 19.4 Å². The molecule has 0 aromatic heterocycles. The van der Waals surface area contributed by atoms with Crippen LogP contribution < -0.4 is 11.1 Å². The Morgan fingerprint density at radius 2 is 2.22 bits per heavy atom. The van der Waals surface area contributed by atoms with Gasteiger partial charge in [0, 0.05) is 17.3 Å². The summed E-state index contributed by atoms with van der Waals surface area (Å²) in [5, 5.41) is 3.24. The van der Waals surface area contributed by atoms with Gasteiger partial charge in [0.15, 0.2) is 9.84 Å². The van der Waals surface area contributed by atoms with E-state index in [2.05, 4.69) is 5.32 Å². The van der Waals surface area contributed by atoms with E-state index in [1.165, 1.54) is 0 Å². The standard InChI is InChI=1S/C12H16N2O2S2/c1-8-2-3-10(12(13)17)11(6-8)14-9-4-5-18(15,16)7-9/h2-3,6,9,14H,4-5,7H2,1H3,(H2,13,17). The predicted molar refractivity (Wildman–Crippen MR) is 77.7 cm³/mol. The number of aryl methyl sites for hydroxylation is 1. The predicted octanol–water partition coefficient (Wildman–Crippen LogP) is 1.23. The summed E-state index contributed by atoms with van der Waals surface area (Å²) in [7, 11) is -2.89. The number of thiocarbonyl (C=S) groups is 1. The molecule has 0 bridgehead atoms. The van der Waals surface area contributed by atoms with E-state index in [0.29, 0.717) is 11.4 Å². The van der Waals surface area contributed by atoms with Crippen molar-refractivity contribution in [2.24, 2.45) is 5.73 Å². The second kappa shape index (κ2) is 4.85. The van der Waals surface area contributed by atoms with Crippen molar-refractivity contribution in [1.82, 2.24) is 0 Å². The lowest BCUT2D eigenvalue weighted by Gasteiger charge is -2.16. The topological polar surface area (TPSA) is 72.2 Å². The van der Waals surface area contributed by atoms with E-state index in [1.807, 2.05) is 25.1 Å². The number of hydrogen-bond acceptors (Lipinski definition) is 4. The molecule has 98 valence electrons. The number of rotatable bonds is 3. The van der Waals surface area contributed by atoms with Crippen LogP contribution in [0, 0.1) is 6.92 Å². The highest BCUT2D eigenvalue weighted by Crippen LogP contribution is 2.22.